The van der Waals surface area contributed by atoms with Gasteiger partial charge in [-0.05, 0) is 68.9 Å². The topological polar surface area (TPSA) is 152 Å². The first kappa shape index (κ1) is 56.5. The number of hydrogen-bond acceptors (Lipinski definition) is 9. The normalized spacial score (nSPS) is 12.9. The summed E-state index contributed by atoms with van der Waals surface area (Å²) in [6.07, 6.45) is 16.3. The second kappa shape index (κ2) is 35.6. The van der Waals surface area contributed by atoms with Crippen LogP contribution in [0.2, 0.25) is 0 Å². The maximum atomic E-state index is 12.3. The molecule has 2 aliphatic rings. The summed E-state index contributed by atoms with van der Waals surface area (Å²) in [5, 5.41) is 20.7. The van der Waals surface area contributed by atoms with Crippen LogP contribution in [-0.2, 0) is 4.79 Å². The first-order valence-corrected chi connectivity index (χ1v) is 21.4. The lowest BCUT2D eigenvalue weighted by molar-refractivity contribution is -0.111. The number of Topliss-reactive ketones (excluding diaryl/α,β-unsaturated/α-hetero) is 1. The van der Waals surface area contributed by atoms with Crippen molar-refractivity contribution in [2.75, 3.05) is 0 Å². The van der Waals surface area contributed by atoms with E-state index in [0.29, 0.717) is 22.6 Å². The Balaban J connectivity index is -0.000000723. The lowest BCUT2D eigenvalue weighted by Gasteiger charge is -2.17. The molecule has 0 radical (unpaired) electrons. The summed E-state index contributed by atoms with van der Waals surface area (Å²) in [5.41, 5.74) is -1.64. The molecule has 0 aliphatic heterocycles. The molecule has 0 saturated heterocycles. The van der Waals surface area contributed by atoms with Crippen LogP contribution < -0.4 is 11.3 Å². The first-order chi connectivity index (χ1) is 27.7. The maximum Gasteiger partial charge on any atom is 0.351 e. The minimum atomic E-state index is -0.807. The highest BCUT2D eigenvalue weighted by atomic mass is 16.4. The van der Waals surface area contributed by atoms with Crippen molar-refractivity contribution in [1.29, 1.82) is 0 Å². The van der Waals surface area contributed by atoms with E-state index in [4.69, 9.17) is 8.83 Å². The number of fused-ring (bicyclic) bond motifs is 2. The molecule has 2 heterocycles. The summed E-state index contributed by atoms with van der Waals surface area (Å²) < 4.78 is 10.0. The first-order valence-electron chi connectivity index (χ1n) is 21.4. The van der Waals surface area contributed by atoms with Gasteiger partial charge in [-0.1, -0.05) is 152 Å². The molecule has 6 rings (SSSR count). The maximum absolute atomic E-state index is 12.3. The zero-order chi connectivity index (χ0) is 44.3. The standard InChI is InChI=1S/C18H18O4.C11H8O4.C7H12O.6C2H6/c19-14(11-10-12-6-2-1-3-7-12)16-17(20)13-8-4-5-9-15(13)22-18(16)21;1-6(12)9-10(13)7-4-2-3-5-8(7)15-11(9)14;8-6-7-4-2-1-3-5-7;6*1-2/h4-5,8-12,20H,1-3,6-7H2;2-5,13H,1H3;6-7H,1-5H2;6*1-2H3/b11-10+;;;;;;;;. The van der Waals surface area contributed by atoms with Crippen LogP contribution >= 0.6 is 0 Å². The van der Waals surface area contributed by atoms with Crippen molar-refractivity contribution in [3.63, 3.8) is 0 Å². The number of carbonyl (C=O) groups excluding carboxylic acids is 3. The third kappa shape index (κ3) is 19.3. The van der Waals surface area contributed by atoms with Gasteiger partial charge in [0.2, 0.25) is 0 Å². The van der Waals surface area contributed by atoms with E-state index in [1.54, 1.807) is 48.5 Å². The molecule has 2 N–H and O–H groups in total. The smallest absolute Gasteiger partial charge is 0.351 e. The Kier molecular flexibility index (Phi) is 35.3. The van der Waals surface area contributed by atoms with Crippen molar-refractivity contribution < 1.29 is 33.4 Å². The summed E-state index contributed by atoms with van der Waals surface area (Å²) >= 11 is 0. The number of allylic oxidation sites excluding steroid dienone is 2. The number of aldehydes is 1. The molecule has 2 fully saturated rings. The average molecular weight is 795 g/mol. The summed E-state index contributed by atoms with van der Waals surface area (Å²) in [4.78, 5) is 56.8. The van der Waals surface area contributed by atoms with Crippen LogP contribution in [0.5, 0.6) is 11.5 Å². The summed E-state index contributed by atoms with van der Waals surface area (Å²) in [6.45, 7) is 25.2. The summed E-state index contributed by atoms with van der Waals surface area (Å²) in [5.74, 6) is -0.829. The van der Waals surface area contributed by atoms with Crippen LogP contribution in [0.25, 0.3) is 21.9 Å². The van der Waals surface area contributed by atoms with Gasteiger partial charge in [0.05, 0.1) is 10.8 Å². The molecule has 0 unspecified atom stereocenters. The number of hydrogen-bond donors (Lipinski definition) is 2. The molecular weight excluding hydrogens is 721 g/mol. The van der Waals surface area contributed by atoms with Gasteiger partial charge in [-0.2, -0.15) is 0 Å². The lowest BCUT2D eigenvalue weighted by atomic mass is 9.89. The van der Waals surface area contributed by atoms with E-state index >= 15 is 0 Å². The molecule has 2 saturated carbocycles. The van der Waals surface area contributed by atoms with E-state index in [2.05, 4.69) is 0 Å². The minimum absolute atomic E-state index is 0.269. The monoisotopic (exact) mass is 795 g/mol. The van der Waals surface area contributed by atoms with Crippen LogP contribution in [0.15, 0.2) is 79.1 Å². The molecular formula is C48H74O9. The van der Waals surface area contributed by atoms with Crippen molar-refractivity contribution >= 4 is 39.8 Å². The van der Waals surface area contributed by atoms with Crippen LogP contribution in [0.4, 0.5) is 0 Å². The van der Waals surface area contributed by atoms with Gasteiger partial charge in [0, 0.05) is 5.92 Å². The fourth-order valence-electron chi connectivity index (χ4n) is 5.70. The zero-order valence-electron chi connectivity index (χ0n) is 37.3. The van der Waals surface area contributed by atoms with Gasteiger partial charge >= 0.3 is 11.3 Å². The van der Waals surface area contributed by atoms with Crippen molar-refractivity contribution in [2.24, 2.45) is 11.8 Å². The van der Waals surface area contributed by atoms with E-state index in [1.165, 1.54) is 51.5 Å². The van der Waals surface area contributed by atoms with Gasteiger partial charge in [-0.3, -0.25) is 9.59 Å². The van der Waals surface area contributed by atoms with E-state index in [-0.39, 0.29) is 33.8 Å². The molecule has 0 bridgehead atoms. The molecule has 2 aromatic carbocycles. The number of aromatic hydroxyl groups is 2. The molecule has 4 aromatic rings. The van der Waals surface area contributed by atoms with E-state index in [1.807, 2.05) is 89.2 Å². The van der Waals surface area contributed by atoms with Gasteiger partial charge in [0.15, 0.2) is 11.6 Å². The Labute approximate surface area is 342 Å². The number of rotatable bonds is 5. The van der Waals surface area contributed by atoms with E-state index < -0.39 is 22.8 Å². The Morgan fingerprint density at radius 1 is 0.561 bits per heavy atom. The fraction of sp³-hybridized carbons (Fsp3) is 0.521. The highest BCUT2D eigenvalue weighted by Gasteiger charge is 2.20. The van der Waals surface area contributed by atoms with Gasteiger partial charge < -0.3 is 23.8 Å². The Morgan fingerprint density at radius 3 is 1.28 bits per heavy atom. The minimum Gasteiger partial charge on any atom is -0.506 e. The third-order valence-corrected chi connectivity index (χ3v) is 8.18. The quantitative estimate of drug-likeness (QED) is 0.0870. The predicted molar refractivity (Wildman–Crippen MR) is 239 cm³/mol. The van der Waals surface area contributed by atoms with Crippen LogP contribution in [-0.4, -0.2) is 28.1 Å². The SMILES string of the molecule is CC.CC.CC.CC.CC.CC.CC(=O)c1c(O)c2ccccc2oc1=O.O=C(/C=C/C1CCCCC1)c1c(O)c2ccccc2oc1=O.O=CC1CCCCC1. The second-order valence-corrected chi connectivity index (χ2v) is 11.4. The molecule has 0 spiro atoms. The van der Waals surface area contributed by atoms with Gasteiger partial charge in [0.1, 0.15) is 40.1 Å². The molecule has 9 heteroatoms. The van der Waals surface area contributed by atoms with Crippen molar-refractivity contribution in [3.05, 3.63) is 92.7 Å². The molecule has 320 valence electrons. The molecule has 0 atom stereocenters. The van der Waals surface area contributed by atoms with Gasteiger partial charge in [-0.15, -0.1) is 0 Å². The predicted octanol–water partition coefficient (Wildman–Crippen LogP) is 13.4. The Hall–Kier alpha value is -4.79. The number of para-hydroxylation sites is 2. The summed E-state index contributed by atoms with van der Waals surface area (Å²) in [6, 6.07) is 13.1. The Morgan fingerprint density at radius 2 is 0.912 bits per heavy atom. The third-order valence-electron chi connectivity index (χ3n) is 8.18. The summed E-state index contributed by atoms with van der Waals surface area (Å²) in [7, 11) is 0. The molecule has 0 amide bonds. The zero-order valence-corrected chi connectivity index (χ0v) is 37.3. The van der Waals surface area contributed by atoms with Gasteiger partial charge in [0.25, 0.3) is 0 Å². The highest BCUT2D eigenvalue weighted by Crippen LogP contribution is 2.28. The van der Waals surface area contributed by atoms with Crippen molar-refractivity contribution in [1.82, 2.24) is 0 Å². The lowest BCUT2D eigenvalue weighted by Crippen LogP contribution is -2.13. The molecule has 9 nitrogen and oxygen atoms in total. The highest BCUT2D eigenvalue weighted by molar-refractivity contribution is 6.09. The Bertz CT molecular complexity index is 1800. The molecule has 57 heavy (non-hydrogen) atoms. The molecule has 2 aromatic heterocycles. The number of carbonyl (C=O) groups is 3. The largest absolute Gasteiger partial charge is 0.506 e. The van der Waals surface area contributed by atoms with E-state index in [9.17, 15) is 34.2 Å². The van der Waals surface area contributed by atoms with Crippen LogP contribution in [0.1, 0.15) is 175 Å². The van der Waals surface area contributed by atoms with Crippen LogP contribution in [0.3, 0.4) is 0 Å². The fourth-order valence-corrected chi connectivity index (χ4v) is 5.70. The van der Waals surface area contributed by atoms with Crippen molar-refractivity contribution in [3.8, 4) is 11.5 Å². The number of benzene rings is 2. The average Bonchev–Trinajstić information content (AvgIpc) is 3.28. The number of ketones is 2. The van der Waals surface area contributed by atoms with Gasteiger partial charge in [-0.25, -0.2) is 9.59 Å². The van der Waals surface area contributed by atoms with E-state index in [0.717, 1.165) is 32.0 Å². The second-order valence-electron chi connectivity index (χ2n) is 11.4. The van der Waals surface area contributed by atoms with Crippen LogP contribution in [0, 0.1) is 11.8 Å². The van der Waals surface area contributed by atoms with Crippen molar-refractivity contribution in [2.45, 2.75) is 154 Å². The molecule has 2 aliphatic carbocycles.